The molecule has 30 heavy (non-hydrogen) atoms. The average Bonchev–Trinajstić information content (AvgIpc) is 2.76. The van der Waals surface area contributed by atoms with E-state index in [1.54, 1.807) is 20.9 Å². The summed E-state index contributed by atoms with van der Waals surface area (Å²) < 4.78 is 31.6. The normalized spacial score (nSPS) is 12.6. The number of likely N-dealkylation sites (N-methyl/N-ethyl adjacent to an activating group) is 1. The Labute approximate surface area is 178 Å². The van der Waals surface area contributed by atoms with E-state index < -0.39 is 22.6 Å². The number of hydrogen-bond donors (Lipinski definition) is 0. The van der Waals surface area contributed by atoms with Crippen molar-refractivity contribution in [2.45, 2.75) is 37.8 Å². The van der Waals surface area contributed by atoms with Crippen molar-refractivity contribution in [3.8, 4) is 0 Å². The molecular formula is C22H28N2O5S. The van der Waals surface area contributed by atoms with Gasteiger partial charge in [0.1, 0.15) is 0 Å². The molecule has 8 heteroatoms. The predicted octanol–water partition coefficient (Wildman–Crippen LogP) is 3.09. The van der Waals surface area contributed by atoms with Gasteiger partial charge in [0.05, 0.1) is 16.5 Å². The van der Waals surface area contributed by atoms with Gasteiger partial charge >= 0.3 is 5.97 Å². The smallest absolute Gasteiger partial charge is 0.338 e. The predicted molar refractivity (Wildman–Crippen MR) is 114 cm³/mol. The topological polar surface area (TPSA) is 84.0 Å². The zero-order chi connectivity index (χ0) is 22.5. The first-order valence-corrected chi connectivity index (χ1v) is 11.1. The summed E-state index contributed by atoms with van der Waals surface area (Å²) in [4.78, 5) is 26.3. The number of nitrogens with zero attached hydrogens (tertiary/aromatic N) is 2. The maximum absolute atomic E-state index is 12.6. The molecule has 0 aliphatic heterocycles. The first-order chi connectivity index (χ1) is 14.1. The standard InChI is InChI=1S/C22H28N2O5S/c1-16(2)24(5)30(27,28)20-13-9-12-19(14-20)22(26)29-15-21(25)23(4)17(3)18-10-7-6-8-11-18/h6-14,16-17H,15H2,1-5H3. The fourth-order valence-corrected chi connectivity index (χ4v) is 4.12. The van der Waals surface area contributed by atoms with Crippen LogP contribution in [0.3, 0.4) is 0 Å². The lowest BCUT2D eigenvalue weighted by Crippen LogP contribution is -2.33. The van der Waals surface area contributed by atoms with E-state index in [2.05, 4.69) is 0 Å². The molecule has 0 N–H and O–H groups in total. The van der Waals surface area contributed by atoms with Crippen molar-refractivity contribution in [3.05, 3.63) is 65.7 Å². The van der Waals surface area contributed by atoms with E-state index in [-0.39, 0.29) is 28.4 Å². The molecule has 1 atom stereocenters. The Kier molecular flexibility index (Phi) is 7.75. The third kappa shape index (κ3) is 5.46. The third-order valence-corrected chi connectivity index (χ3v) is 7.09. The van der Waals surface area contributed by atoms with Crippen molar-refractivity contribution in [1.29, 1.82) is 0 Å². The molecule has 0 fully saturated rings. The van der Waals surface area contributed by atoms with E-state index in [0.29, 0.717) is 0 Å². The highest BCUT2D eigenvalue weighted by Crippen LogP contribution is 2.20. The van der Waals surface area contributed by atoms with Crippen LogP contribution in [0.15, 0.2) is 59.5 Å². The molecule has 1 unspecified atom stereocenters. The summed E-state index contributed by atoms with van der Waals surface area (Å²) in [6, 6.07) is 14.7. The second kappa shape index (κ2) is 9.86. The van der Waals surface area contributed by atoms with Gasteiger partial charge in [-0.3, -0.25) is 4.79 Å². The van der Waals surface area contributed by atoms with E-state index in [9.17, 15) is 18.0 Å². The van der Waals surface area contributed by atoms with Crippen molar-refractivity contribution in [2.24, 2.45) is 0 Å². The summed E-state index contributed by atoms with van der Waals surface area (Å²) in [5, 5.41) is 0. The molecule has 0 heterocycles. The molecule has 0 aromatic heterocycles. The Bertz CT molecular complexity index is 990. The molecule has 0 saturated carbocycles. The van der Waals surface area contributed by atoms with Gasteiger partial charge in [0.2, 0.25) is 10.0 Å². The third-order valence-electron chi connectivity index (χ3n) is 5.06. The van der Waals surface area contributed by atoms with Gasteiger partial charge in [0, 0.05) is 20.1 Å². The number of carbonyl (C=O) groups excluding carboxylic acids is 2. The van der Waals surface area contributed by atoms with Gasteiger partial charge in [-0.05, 0) is 44.5 Å². The minimum atomic E-state index is -3.73. The lowest BCUT2D eigenvalue weighted by atomic mass is 10.1. The van der Waals surface area contributed by atoms with Crippen LogP contribution >= 0.6 is 0 Å². The van der Waals surface area contributed by atoms with Crippen LogP contribution in [0.25, 0.3) is 0 Å². The molecule has 0 saturated heterocycles. The second-order valence-electron chi connectivity index (χ2n) is 7.31. The van der Waals surface area contributed by atoms with Gasteiger partial charge in [-0.25, -0.2) is 13.2 Å². The van der Waals surface area contributed by atoms with Crippen LogP contribution in [0, 0.1) is 0 Å². The van der Waals surface area contributed by atoms with Crippen LogP contribution in [0.4, 0.5) is 0 Å². The zero-order valence-corrected chi connectivity index (χ0v) is 18.7. The molecule has 162 valence electrons. The molecule has 2 aromatic rings. The molecule has 1 amide bonds. The lowest BCUT2D eigenvalue weighted by molar-refractivity contribution is -0.135. The fraction of sp³-hybridized carbons (Fsp3) is 0.364. The number of benzene rings is 2. The summed E-state index contributed by atoms with van der Waals surface area (Å²) in [6.07, 6.45) is 0. The summed E-state index contributed by atoms with van der Waals surface area (Å²) in [6.45, 7) is 4.96. The summed E-state index contributed by atoms with van der Waals surface area (Å²) in [5.74, 6) is -1.11. The molecule has 0 aliphatic carbocycles. The van der Waals surface area contributed by atoms with Crippen molar-refractivity contribution in [3.63, 3.8) is 0 Å². The van der Waals surface area contributed by atoms with Gasteiger partial charge in [-0.1, -0.05) is 36.4 Å². The quantitative estimate of drug-likeness (QED) is 0.599. The first-order valence-electron chi connectivity index (χ1n) is 9.61. The highest BCUT2D eigenvalue weighted by molar-refractivity contribution is 7.89. The van der Waals surface area contributed by atoms with Crippen LogP contribution in [0.2, 0.25) is 0 Å². The summed E-state index contributed by atoms with van der Waals surface area (Å²) in [7, 11) is -0.609. The van der Waals surface area contributed by atoms with E-state index in [4.69, 9.17) is 4.74 Å². The van der Waals surface area contributed by atoms with Gasteiger partial charge in [0.15, 0.2) is 6.61 Å². The Morgan fingerprint density at radius 3 is 2.20 bits per heavy atom. The molecule has 0 aliphatic rings. The minimum absolute atomic E-state index is 0.00528. The fourth-order valence-electron chi connectivity index (χ4n) is 2.71. The largest absolute Gasteiger partial charge is 0.452 e. The Hall–Kier alpha value is -2.71. The van der Waals surface area contributed by atoms with Gasteiger partial charge in [-0.2, -0.15) is 4.31 Å². The van der Waals surface area contributed by atoms with Crippen LogP contribution in [0.1, 0.15) is 42.7 Å². The number of hydrogen-bond acceptors (Lipinski definition) is 5. The Morgan fingerprint density at radius 1 is 0.967 bits per heavy atom. The Balaban J connectivity index is 2.05. The van der Waals surface area contributed by atoms with Crippen LogP contribution < -0.4 is 0 Å². The molecule has 2 aromatic carbocycles. The molecule has 0 bridgehead atoms. The van der Waals surface area contributed by atoms with Gasteiger partial charge in [0.25, 0.3) is 5.91 Å². The molecule has 0 spiro atoms. The average molecular weight is 433 g/mol. The van der Waals surface area contributed by atoms with E-state index in [1.165, 1.54) is 40.5 Å². The highest BCUT2D eigenvalue weighted by Gasteiger charge is 2.24. The number of carbonyl (C=O) groups is 2. The molecule has 0 radical (unpaired) electrons. The number of sulfonamides is 1. The second-order valence-corrected chi connectivity index (χ2v) is 9.31. The molecular weight excluding hydrogens is 404 g/mol. The van der Waals surface area contributed by atoms with Crippen molar-refractivity contribution < 1.29 is 22.7 Å². The maximum Gasteiger partial charge on any atom is 0.338 e. The summed E-state index contributed by atoms with van der Waals surface area (Å²) >= 11 is 0. The number of esters is 1. The van der Waals surface area contributed by atoms with Crippen LogP contribution in [-0.2, 0) is 19.6 Å². The van der Waals surface area contributed by atoms with Crippen LogP contribution in [0.5, 0.6) is 0 Å². The highest BCUT2D eigenvalue weighted by atomic mass is 32.2. The van der Waals surface area contributed by atoms with E-state index >= 15 is 0 Å². The monoisotopic (exact) mass is 432 g/mol. The number of ether oxygens (including phenoxy) is 1. The van der Waals surface area contributed by atoms with Gasteiger partial charge < -0.3 is 9.64 Å². The van der Waals surface area contributed by atoms with Crippen molar-refractivity contribution in [2.75, 3.05) is 20.7 Å². The minimum Gasteiger partial charge on any atom is -0.452 e. The van der Waals surface area contributed by atoms with Crippen molar-refractivity contribution in [1.82, 2.24) is 9.21 Å². The molecule has 2 rings (SSSR count). The molecule has 7 nitrogen and oxygen atoms in total. The van der Waals surface area contributed by atoms with Crippen LogP contribution in [-0.4, -0.2) is 56.2 Å². The summed E-state index contributed by atoms with van der Waals surface area (Å²) in [5.41, 5.74) is 1.03. The Morgan fingerprint density at radius 2 is 1.60 bits per heavy atom. The lowest BCUT2D eigenvalue weighted by Gasteiger charge is -2.25. The zero-order valence-electron chi connectivity index (χ0n) is 17.9. The van der Waals surface area contributed by atoms with Gasteiger partial charge in [-0.15, -0.1) is 0 Å². The SMILES string of the molecule is CC(c1ccccc1)N(C)C(=O)COC(=O)c1cccc(S(=O)(=O)N(C)C(C)C)c1. The number of amides is 1. The van der Waals surface area contributed by atoms with E-state index in [1.807, 2.05) is 37.3 Å². The first kappa shape index (κ1) is 23.6. The maximum atomic E-state index is 12.6. The van der Waals surface area contributed by atoms with E-state index in [0.717, 1.165) is 5.56 Å². The van der Waals surface area contributed by atoms with Crippen molar-refractivity contribution >= 4 is 21.9 Å². The number of rotatable bonds is 8.